The van der Waals surface area contributed by atoms with Crippen LogP contribution in [0.15, 0.2) is 29.1 Å². The molecule has 0 fully saturated rings. The van der Waals surface area contributed by atoms with Crippen LogP contribution in [0.1, 0.15) is 29.1 Å². The van der Waals surface area contributed by atoms with Gasteiger partial charge in [-0.05, 0) is 37.8 Å². The Morgan fingerprint density at radius 1 is 1.27 bits per heavy atom. The number of H-pyrrole nitrogens is 1. The Labute approximate surface area is 127 Å². The molecule has 1 aromatic carbocycles. The number of hydrogen-bond donors (Lipinski definition) is 2. The van der Waals surface area contributed by atoms with Crippen molar-refractivity contribution in [3.63, 3.8) is 0 Å². The lowest BCUT2D eigenvalue weighted by Gasteiger charge is -2.06. The Balaban J connectivity index is 1.65. The molecule has 1 aliphatic rings. The van der Waals surface area contributed by atoms with Crippen LogP contribution in [-0.2, 0) is 19.4 Å². The predicted molar refractivity (Wildman–Crippen MR) is 84.1 cm³/mol. The number of para-hydroxylation sites is 1. The van der Waals surface area contributed by atoms with Gasteiger partial charge in [0.05, 0.1) is 12.2 Å². The average Bonchev–Trinajstić information content (AvgIpc) is 3.13. The fourth-order valence-corrected chi connectivity index (χ4v) is 2.96. The lowest BCUT2D eigenvalue weighted by molar-refractivity contribution is 0.839. The largest absolute Gasteiger partial charge is 0.378 e. The smallest absolute Gasteiger partial charge is 0.277 e. The molecule has 0 aliphatic heterocycles. The highest BCUT2D eigenvalue weighted by Crippen LogP contribution is 2.17. The maximum atomic E-state index is 12.4. The second-order valence-corrected chi connectivity index (χ2v) is 5.67. The van der Waals surface area contributed by atoms with Crippen molar-refractivity contribution in [1.82, 2.24) is 19.6 Å². The first-order valence-corrected chi connectivity index (χ1v) is 7.51. The monoisotopic (exact) mass is 295 g/mol. The number of anilines is 1. The van der Waals surface area contributed by atoms with Gasteiger partial charge in [-0.15, -0.1) is 0 Å². The first kappa shape index (κ1) is 13.1. The van der Waals surface area contributed by atoms with E-state index in [1.807, 2.05) is 18.2 Å². The third-order valence-electron chi connectivity index (χ3n) is 4.15. The summed E-state index contributed by atoms with van der Waals surface area (Å²) in [6, 6.07) is 8.08. The Hall–Kier alpha value is -2.63. The van der Waals surface area contributed by atoms with Crippen molar-refractivity contribution in [2.45, 2.75) is 32.7 Å². The van der Waals surface area contributed by atoms with Gasteiger partial charge in [-0.25, -0.2) is 4.98 Å². The zero-order chi connectivity index (χ0) is 15.1. The zero-order valence-electron chi connectivity index (χ0n) is 12.4. The molecule has 1 aliphatic carbocycles. The molecular weight excluding hydrogens is 278 g/mol. The van der Waals surface area contributed by atoms with E-state index in [0.717, 1.165) is 36.2 Å². The highest BCUT2D eigenvalue weighted by atomic mass is 16.1. The van der Waals surface area contributed by atoms with Crippen LogP contribution in [0.2, 0.25) is 0 Å². The number of aryl methyl sites for hydroxylation is 2. The summed E-state index contributed by atoms with van der Waals surface area (Å²) in [5, 5.41) is 6.38. The minimum atomic E-state index is -0.00728. The Kier molecular flexibility index (Phi) is 2.96. The zero-order valence-corrected chi connectivity index (χ0v) is 12.4. The molecule has 0 amide bonds. The van der Waals surface area contributed by atoms with E-state index in [1.54, 1.807) is 0 Å². The Morgan fingerprint density at radius 2 is 2.14 bits per heavy atom. The molecule has 2 heterocycles. The van der Waals surface area contributed by atoms with E-state index in [-0.39, 0.29) is 5.56 Å². The van der Waals surface area contributed by atoms with Gasteiger partial charge in [0.2, 0.25) is 0 Å². The number of aromatic nitrogens is 4. The molecule has 2 aromatic heterocycles. The molecule has 0 spiro atoms. The summed E-state index contributed by atoms with van der Waals surface area (Å²) >= 11 is 0. The van der Waals surface area contributed by atoms with E-state index >= 15 is 0 Å². The van der Waals surface area contributed by atoms with E-state index in [2.05, 4.69) is 33.4 Å². The van der Waals surface area contributed by atoms with Gasteiger partial charge in [-0.3, -0.25) is 9.89 Å². The van der Waals surface area contributed by atoms with Crippen molar-refractivity contribution in [2.75, 3.05) is 5.32 Å². The number of nitrogens with one attached hydrogen (secondary N) is 2. The second kappa shape index (κ2) is 4.98. The number of rotatable bonds is 3. The van der Waals surface area contributed by atoms with Crippen molar-refractivity contribution in [1.29, 1.82) is 0 Å². The molecular formula is C16H17N5O. The van der Waals surface area contributed by atoms with Crippen LogP contribution < -0.4 is 10.9 Å². The summed E-state index contributed by atoms with van der Waals surface area (Å²) in [6.07, 6.45) is 2.71. The van der Waals surface area contributed by atoms with Crippen LogP contribution in [0.3, 0.4) is 0 Å². The SMILES string of the molecule is Cc1ccccc1NCc1nc2nc3c(c(=O)n2[nH]1)CCC3. The molecule has 112 valence electrons. The van der Waals surface area contributed by atoms with Crippen LogP contribution in [-0.4, -0.2) is 19.6 Å². The van der Waals surface area contributed by atoms with Gasteiger partial charge in [0, 0.05) is 11.3 Å². The number of nitrogens with zero attached hydrogens (tertiary/aromatic N) is 3. The molecule has 0 unspecified atom stereocenters. The van der Waals surface area contributed by atoms with Crippen LogP contribution in [0.5, 0.6) is 0 Å². The van der Waals surface area contributed by atoms with Crippen LogP contribution >= 0.6 is 0 Å². The molecule has 6 heteroatoms. The molecule has 0 atom stereocenters. The first-order chi connectivity index (χ1) is 10.7. The van der Waals surface area contributed by atoms with E-state index in [4.69, 9.17) is 0 Å². The van der Waals surface area contributed by atoms with Gasteiger partial charge in [-0.2, -0.15) is 9.50 Å². The van der Waals surface area contributed by atoms with E-state index in [0.29, 0.717) is 18.1 Å². The Bertz CT molecular complexity index is 909. The van der Waals surface area contributed by atoms with Crippen LogP contribution in [0.4, 0.5) is 5.69 Å². The summed E-state index contributed by atoms with van der Waals surface area (Å²) in [7, 11) is 0. The standard InChI is InChI=1S/C16H17N5O/c1-10-5-2-3-7-12(10)17-9-14-19-16-18-13-8-4-6-11(13)15(22)21(16)20-14/h2-3,5,7,17H,4,6,8-9H2,1H3,(H,18,19,20). The molecule has 3 aromatic rings. The van der Waals surface area contributed by atoms with Crippen LogP contribution in [0, 0.1) is 6.92 Å². The Morgan fingerprint density at radius 3 is 3.00 bits per heavy atom. The fourth-order valence-electron chi connectivity index (χ4n) is 2.96. The summed E-state index contributed by atoms with van der Waals surface area (Å²) in [4.78, 5) is 21.3. The minimum absolute atomic E-state index is 0.00728. The topological polar surface area (TPSA) is 75.1 Å². The molecule has 4 rings (SSSR count). The van der Waals surface area contributed by atoms with Gasteiger partial charge >= 0.3 is 0 Å². The van der Waals surface area contributed by atoms with Crippen LogP contribution in [0.25, 0.3) is 5.78 Å². The molecule has 0 saturated heterocycles. The molecule has 0 radical (unpaired) electrons. The van der Waals surface area contributed by atoms with Gasteiger partial charge in [-0.1, -0.05) is 18.2 Å². The molecule has 0 bridgehead atoms. The summed E-state index contributed by atoms with van der Waals surface area (Å²) in [5.41, 5.74) is 3.97. The third kappa shape index (κ3) is 2.07. The fraction of sp³-hybridized carbons (Fsp3) is 0.312. The number of fused-ring (bicyclic) bond motifs is 2. The average molecular weight is 295 g/mol. The minimum Gasteiger partial charge on any atom is -0.378 e. The van der Waals surface area contributed by atoms with Crippen molar-refractivity contribution < 1.29 is 0 Å². The van der Waals surface area contributed by atoms with Gasteiger partial charge in [0.15, 0.2) is 0 Å². The molecule has 6 nitrogen and oxygen atoms in total. The van der Waals surface area contributed by atoms with Gasteiger partial charge < -0.3 is 5.32 Å². The number of aromatic amines is 1. The maximum Gasteiger partial charge on any atom is 0.277 e. The quantitative estimate of drug-likeness (QED) is 0.773. The van der Waals surface area contributed by atoms with Crippen molar-refractivity contribution in [3.05, 3.63) is 57.3 Å². The summed E-state index contributed by atoms with van der Waals surface area (Å²) in [5.74, 6) is 1.17. The predicted octanol–water partition coefficient (Wildman–Crippen LogP) is 1.83. The van der Waals surface area contributed by atoms with E-state index in [1.165, 1.54) is 10.1 Å². The van der Waals surface area contributed by atoms with E-state index in [9.17, 15) is 4.79 Å². The van der Waals surface area contributed by atoms with Crippen molar-refractivity contribution in [3.8, 4) is 0 Å². The highest BCUT2D eigenvalue weighted by Gasteiger charge is 2.19. The molecule has 2 N–H and O–H groups in total. The van der Waals surface area contributed by atoms with Gasteiger partial charge in [0.25, 0.3) is 11.3 Å². The maximum absolute atomic E-state index is 12.4. The number of hydrogen-bond acceptors (Lipinski definition) is 4. The van der Waals surface area contributed by atoms with Crippen molar-refractivity contribution in [2.24, 2.45) is 0 Å². The lowest BCUT2D eigenvalue weighted by atomic mass is 10.2. The number of benzene rings is 1. The third-order valence-corrected chi connectivity index (χ3v) is 4.15. The van der Waals surface area contributed by atoms with Gasteiger partial charge in [0.1, 0.15) is 5.82 Å². The summed E-state index contributed by atoms with van der Waals surface area (Å²) < 4.78 is 1.46. The normalized spacial score (nSPS) is 13.5. The van der Waals surface area contributed by atoms with Crippen molar-refractivity contribution >= 4 is 11.5 Å². The van der Waals surface area contributed by atoms with E-state index < -0.39 is 0 Å². The highest BCUT2D eigenvalue weighted by molar-refractivity contribution is 5.50. The second-order valence-electron chi connectivity index (χ2n) is 5.67. The first-order valence-electron chi connectivity index (χ1n) is 7.51. The molecule has 22 heavy (non-hydrogen) atoms. The molecule has 0 saturated carbocycles. The lowest BCUT2D eigenvalue weighted by Crippen LogP contribution is -2.20. The summed E-state index contributed by atoms with van der Waals surface area (Å²) in [6.45, 7) is 2.58.